The number of halogens is 1. The van der Waals surface area contributed by atoms with Gasteiger partial charge in [-0.3, -0.25) is 0 Å². The minimum atomic E-state index is -0.714. The van der Waals surface area contributed by atoms with Crippen LogP contribution in [0.1, 0.15) is 0 Å². The van der Waals surface area contributed by atoms with Crippen LogP contribution in [0.15, 0.2) is 6.20 Å². The van der Waals surface area contributed by atoms with Crippen molar-refractivity contribution in [3.63, 3.8) is 0 Å². The fourth-order valence-electron chi connectivity index (χ4n) is 0.583. The number of hydrogen-bond donors (Lipinski definition) is 1. The minimum absolute atomic E-state index is 0.0796. The van der Waals surface area contributed by atoms with Crippen LogP contribution in [0.3, 0.4) is 0 Å². The summed E-state index contributed by atoms with van der Waals surface area (Å²) in [6.07, 6.45) is 1.18. The second-order valence-corrected chi connectivity index (χ2v) is 2.15. The molecule has 0 fully saturated rings. The van der Waals surface area contributed by atoms with Gasteiger partial charge in [-0.05, 0) is 4.92 Å². The minimum Gasteiger partial charge on any atom is -0.372 e. The lowest BCUT2D eigenvalue weighted by atomic mass is 10.6. The van der Waals surface area contributed by atoms with Crippen LogP contribution in [0.4, 0.5) is 5.82 Å². The van der Waals surface area contributed by atoms with Crippen molar-refractivity contribution in [3.05, 3.63) is 21.3 Å². The summed E-state index contributed by atoms with van der Waals surface area (Å²) in [5.41, 5.74) is 0. The van der Waals surface area contributed by atoms with Crippen LogP contribution in [0.25, 0.3) is 0 Å². The van der Waals surface area contributed by atoms with Crippen LogP contribution >= 0.6 is 11.6 Å². The van der Waals surface area contributed by atoms with E-state index < -0.39 is 17.5 Å². The molecule has 0 aliphatic heterocycles. The first-order chi connectivity index (χ1) is 5.15. The van der Waals surface area contributed by atoms with Crippen LogP contribution < -0.4 is 0 Å². The van der Waals surface area contributed by atoms with Crippen LogP contribution in [-0.2, 0) is 6.73 Å². The van der Waals surface area contributed by atoms with Crippen molar-refractivity contribution in [3.8, 4) is 0 Å². The van der Waals surface area contributed by atoms with Crippen molar-refractivity contribution in [2.75, 3.05) is 0 Å². The number of aromatic nitrogens is 2. The Labute approximate surface area is 66.2 Å². The molecule has 0 atom stereocenters. The molecule has 1 heterocycles. The van der Waals surface area contributed by atoms with E-state index >= 15 is 0 Å². The molecule has 0 spiro atoms. The van der Waals surface area contributed by atoms with E-state index in [1.165, 1.54) is 6.20 Å². The molecule has 1 N–H and O–H groups in total. The molecule has 0 unspecified atom stereocenters. The third-order valence-corrected chi connectivity index (χ3v) is 1.28. The third-order valence-electron chi connectivity index (χ3n) is 1.02. The van der Waals surface area contributed by atoms with Gasteiger partial charge in [-0.15, -0.1) is 0 Å². The van der Waals surface area contributed by atoms with Gasteiger partial charge in [0.15, 0.2) is 11.8 Å². The van der Waals surface area contributed by atoms with Crippen molar-refractivity contribution in [1.29, 1.82) is 0 Å². The van der Waals surface area contributed by atoms with Gasteiger partial charge in [0, 0.05) is 0 Å². The van der Waals surface area contributed by atoms with Gasteiger partial charge in [0.2, 0.25) is 0 Å². The average molecular weight is 178 g/mol. The summed E-state index contributed by atoms with van der Waals surface area (Å²) in [5.74, 6) is -0.444. The van der Waals surface area contributed by atoms with Gasteiger partial charge in [-0.1, -0.05) is 11.6 Å². The molecule has 0 saturated heterocycles. The van der Waals surface area contributed by atoms with E-state index in [-0.39, 0.29) is 5.02 Å². The third kappa shape index (κ3) is 1.47. The Morgan fingerprint density at radius 2 is 2.55 bits per heavy atom. The largest absolute Gasteiger partial charge is 0.408 e. The normalized spacial score (nSPS) is 10.0. The number of rotatable bonds is 2. The molecule has 1 aromatic rings. The standard InChI is InChI=1S/C4H4ClN3O3/c5-3-1-7(2-9)6-4(3)8(10)11/h1,9H,2H2. The van der Waals surface area contributed by atoms with E-state index in [1.807, 2.05) is 0 Å². The molecule has 11 heavy (non-hydrogen) atoms. The maximum atomic E-state index is 10.1. The predicted octanol–water partition coefficient (Wildman–Crippen LogP) is 0.394. The highest BCUT2D eigenvalue weighted by Gasteiger charge is 2.17. The fraction of sp³-hybridized carbons (Fsp3) is 0.250. The van der Waals surface area contributed by atoms with Gasteiger partial charge in [0.25, 0.3) is 0 Å². The lowest BCUT2D eigenvalue weighted by Crippen LogP contribution is -1.97. The van der Waals surface area contributed by atoms with E-state index in [1.54, 1.807) is 0 Å². The molecule has 7 heteroatoms. The Balaban J connectivity index is 3.07. The molecular formula is C4H4ClN3O3. The number of aliphatic hydroxyl groups is 1. The Morgan fingerprint density at radius 3 is 2.82 bits per heavy atom. The summed E-state index contributed by atoms with van der Waals surface area (Å²) in [4.78, 5) is 9.40. The predicted molar refractivity (Wildman–Crippen MR) is 36.1 cm³/mol. The average Bonchev–Trinajstić information content (AvgIpc) is 2.30. The smallest absolute Gasteiger partial charge is 0.372 e. The van der Waals surface area contributed by atoms with E-state index in [0.717, 1.165) is 4.68 Å². The molecule has 1 aromatic heterocycles. The van der Waals surface area contributed by atoms with Gasteiger partial charge in [0.1, 0.15) is 0 Å². The first kappa shape index (κ1) is 7.96. The van der Waals surface area contributed by atoms with Gasteiger partial charge in [-0.2, -0.15) is 4.68 Å². The van der Waals surface area contributed by atoms with Crippen molar-refractivity contribution in [2.24, 2.45) is 0 Å². The molecule has 0 amide bonds. The SMILES string of the molecule is O=[N+]([O-])c1nn(CO)cc1Cl. The van der Waals surface area contributed by atoms with E-state index in [0.29, 0.717) is 0 Å². The quantitative estimate of drug-likeness (QED) is 0.524. The summed E-state index contributed by atoms with van der Waals surface area (Å²) in [6, 6.07) is 0. The Morgan fingerprint density at radius 1 is 1.91 bits per heavy atom. The summed E-state index contributed by atoms with van der Waals surface area (Å²) >= 11 is 5.38. The molecule has 1 rings (SSSR count). The summed E-state index contributed by atoms with van der Waals surface area (Å²) in [5, 5.41) is 21.9. The van der Waals surface area contributed by atoms with E-state index in [4.69, 9.17) is 16.7 Å². The van der Waals surface area contributed by atoms with Gasteiger partial charge in [0.05, 0.1) is 11.3 Å². The zero-order valence-electron chi connectivity index (χ0n) is 5.27. The molecule has 0 aliphatic carbocycles. The Hall–Kier alpha value is -1.14. The van der Waals surface area contributed by atoms with Crippen molar-refractivity contribution < 1.29 is 10.0 Å². The summed E-state index contributed by atoms with van der Waals surface area (Å²) < 4.78 is 0.973. The van der Waals surface area contributed by atoms with Crippen LogP contribution in [-0.4, -0.2) is 19.8 Å². The first-order valence-corrected chi connectivity index (χ1v) is 3.01. The monoisotopic (exact) mass is 177 g/mol. The van der Waals surface area contributed by atoms with Crippen LogP contribution in [0, 0.1) is 10.1 Å². The first-order valence-electron chi connectivity index (χ1n) is 2.63. The highest BCUT2D eigenvalue weighted by Crippen LogP contribution is 2.20. The number of nitro groups is 1. The van der Waals surface area contributed by atoms with Crippen molar-refractivity contribution in [2.45, 2.75) is 6.73 Å². The molecule has 0 aliphatic rings. The Bertz CT molecular complexity index is 284. The van der Waals surface area contributed by atoms with Gasteiger partial charge < -0.3 is 15.2 Å². The molecule has 0 saturated carbocycles. The number of aliphatic hydroxyl groups excluding tert-OH is 1. The number of nitrogens with zero attached hydrogens (tertiary/aromatic N) is 3. The summed E-state index contributed by atoms with van der Waals surface area (Å²) in [6.45, 7) is -0.423. The highest BCUT2D eigenvalue weighted by atomic mass is 35.5. The Kier molecular flexibility index (Phi) is 2.06. The zero-order chi connectivity index (χ0) is 8.43. The van der Waals surface area contributed by atoms with Crippen LogP contribution in [0.5, 0.6) is 0 Å². The topological polar surface area (TPSA) is 81.2 Å². The van der Waals surface area contributed by atoms with E-state index in [2.05, 4.69) is 5.10 Å². The summed E-state index contributed by atoms with van der Waals surface area (Å²) in [7, 11) is 0. The second-order valence-electron chi connectivity index (χ2n) is 1.74. The van der Waals surface area contributed by atoms with Crippen LogP contribution in [0.2, 0.25) is 5.02 Å². The van der Waals surface area contributed by atoms with Crippen molar-refractivity contribution >= 4 is 17.4 Å². The van der Waals surface area contributed by atoms with E-state index in [9.17, 15) is 10.1 Å². The van der Waals surface area contributed by atoms with Gasteiger partial charge in [-0.25, -0.2) is 0 Å². The molecule has 0 radical (unpaired) electrons. The lowest BCUT2D eigenvalue weighted by molar-refractivity contribution is -0.389. The maximum Gasteiger partial charge on any atom is 0.408 e. The molecule has 0 bridgehead atoms. The molecule has 0 aromatic carbocycles. The lowest BCUT2D eigenvalue weighted by Gasteiger charge is -1.84. The zero-order valence-corrected chi connectivity index (χ0v) is 6.02. The second kappa shape index (κ2) is 2.85. The fourth-order valence-corrected chi connectivity index (χ4v) is 0.802. The number of hydrogen-bond acceptors (Lipinski definition) is 4. The molecular weight excluding hydrogens is 174 g/mol. The molecule has 6 nitrogen and oxygen atoms in total. The van der Waals surface area contributed by atoms with Gasteiger partial charge >= 0.3 is 5.82 Å². The van der Waals surface area contributed by atoms with Crippen molar-refractivity contribution in [1.82, 2.24) is 9.78 Å². The highest BCUT2D eigenvalue weighted by molar-refractivity contribution is 6.32. The maximum absolute atomic E-state index is 10.1. The molecule has 60 valence electrons.